The van der Waals surface area contributed by atoms with E-state index >= 15 is 0 Å². The fourth-order valence-electron chi connectivity index (χ4n) is 1.49. The normalized spacial score (nSPS) is 10.4. The van der Waals surface area contributed by atoms with Gasteiger partial charge < -0.3 is 10.2 Å². The molecule has 1 amide bonds. The van der Waals surface area contributed by atoms with E-state index in [4.69, 9.17) is 11.6 Å². The minimum Gasteiger partial charge on any atom is -0.342 e. The van der Waals surface area contributed by atoms with E-state index in [0.29, 0.717) is 10.6 Å². The molecule has 0 bridgehead atoms. The van der Waals surface area contributed by atoms with Crippen LogP contribution >= 0.6 is 27.5 Å². The molecule has 0 saturated carbocycles. The molecule has 0 fully saturated rings. The predicted molar refractivity (Wildman–Crippen MR) is 74.7 cm³/mol. The van der Waals surface area contributed by atoms with Gasteiger partial charge in [0, 0.05) is 28.7 Å². The summed E-state index contributed by atoms with van der Waals surface area (Å²) < 4.78 is 0.817. The fraction of sp³-hybridized carbons (Fsp3) is 0.417. The molecule has 0 aliphatic carbocycles. The third kappa shape index (κ3) is 4.66. The van der Waals surface area contributed by atoms with Gasteiger partial charge in [0.25, 0.3) is 5.91 Å². The molecule has 0 saturated heterocycles. The number of carbonyl (C=O) groups is 1. The average Bonchev–Trinajstić information content (AvgIpc) is 2.27. The molecule has 0 atom stereocenters. The highest BCUT2D eigenvalue weighted by atomic mass is 79.9. The highest BCUT2D eigenvalue weighted by Gasteiger charge is 2.12. The Morgan fingerprint density at radius 1 is 1.47 bits per heavy atom. The van der Waals surface area contributed by atoms with Crippen LogP contribution in [0.3, 0.4) is 0 Å². The topological polar surface area (TPSA) is 32.3 Å². The molecular formula is C12H16BrClN2O. The molecule has 0 aliphatic heterocycles. The second-order valence-corrected chi connectivity index (χ2v) is 5.19. The van der Waals surface area contributed by atoms with Gasteiger partial charge in [0.05, 0.1) is 0 Å². The van der Waals surface area contributed by atoms with E-state index in [2.05, 4.69) is 21.2 Å². The van der Waals surface area contributed by atoms with E-state index in [0.717, 1.165) is 24.0 Å². The van der Waals surface area contributed by atoms with E-state index in [1.54, 1.807) is 30.1 Å². The maximum Gasteiger partial charge on any atom is 0.253 e. The molecule has 1 N–H and O–H groups in total. The molecule has 0 aliphatic rings. The van der Waals surface area contributed by atoms with Gasteiger partial charge in [-0.2, -0.15) is 0 Å². The number of halogens is 2. The standard InChI is InChI=1S/C12H16BrClN2O/c1-15-4-3-5-16(2)12(17)9-6-10(13)8-11(14)7-9/h6-8,15H,3-5H2,1-2H3. The van der Waals surface area contributed by atoms with E-state index in [-0.39, 0.29) is 5.91 Å². The van der Waals surface area contributed by atoms with Crippen LogP contribution < -0.4 is 5.32 Å². The summed E-state index contributed by atoms with van der Waals surface area (Å²) >= 11 is 9.24. The van der Waals surface area contributed by atoms with Crippen LogP contribution in [0.5, 0.6) is 0 Å². The largest absolute Gasteiger partial charge is 0.342 e. The van der Waals surface area contributed by atoms with E-state index in [1.807, 2.05) is 7.05 Å². The Bertz CT molecular complexity index is 378. The lowest BCUT2D eigenvalue weighted by atomic mass is 10.2. The molecule has 1 rings (SSSR count). The zero-order chi connectivity index (χ0) is 12.8. The van der Waals surface area contributed by atoms with Gasteiger partial charge in [-0.05, 0) is 38.2 Å². The second-order valence-electron chi connectivity index (χ2n) is 3.84. The quantitative estimate of drug-likeness (QED) is 0.847. The Morgan fingerprint density at radius 2 is 2.18 bits per heavy atom. The zero-order valence-electron chi connectivity index (χ0n) is 9.96. The predicted octanol–water partition coefficient (Wildman–Crippen LogP) is 2.78. The molecule has 0 unspecified atom stereocenters. The summed E-state index contributed by atoms with van der Waals surface area (Å²) in [6.45, 7) is 1.63. The number of hydrogen-bond acceptors (Lipinski definition) is 2. The van der Waals surface area contributed by atoms with Crippen molar-refractivity contribution >= 4 is 33.4 Å². The first-order valence-corrected chi connectivity index (χ1v) is 6.58. The smallest absolute Gasteiger partial charge is 0.253 e. The molecular weight excluding hydrogens is 304 g/mol. The number of nitrogens with zero attached hydrogens (tertiary/aromatic N) is 1. The van der Waals surface area contributed by atoms with E-state index < -0.39 is 0 Å². The molecule has 3 nitrogen and oxygen atoms in total. The van der Waals surface area contributed by atoms with Crippen molar-refractivity contribution < 1.29 is 4.79 Å². The van der Waals surface area contributed by atoms with Crippen LogP contribution in [-0.4, -0.2) is 38.0 Å². The number of carbonyl (C=O) groups excluding carboxylic acids is 1. The number of amides is 1. The third-order valence-corrected chi connectivity index (χ3v) is 3.05. The van der Waals surface area contributed by atoms with Gasteiger partial charge >= 0.3 is 0 Å². The monoisotopic (exact) mass is 318 g/mol. The summed E-state index contributed by atoms with van der Waals surface area (Å²) in [6.07, 6.45) is 0.931. The van der Waals surface area contributed by atoms with Crippen molar-refractivity contribution in [3.8, 4) is 0 Å². The Balaban J connectivity index is 2.68. The Hall–Kier alpha value is -0.580. The lowest BCUT2D eigenvalue weighted by molar-refractivity contribution is 0.0793. The van der Waals surface area contributed by atoms with Crippen molar-refractivity contribution in [3.05, 3.63) is 33.3 Å². The highest BCUT2D eigenvalue weighted by Crippen LogP contribution is 2.20. The summed E-state index contributed by atoms with van der Waals surface area (Å²) in [5.41, 5.74) is 0.608. The number of hydrogen-bond donors (Lipinski definition) is 1. The third-order valence-electron chi connectivity index (χ3n) is 2.38. The number of nitrogens with one attached hydrogen (secondary N) is 1. The highest BCUT2D eigenvalue weighted by molar-refractivity contribution is 9.10. The van der Waals surface area contributed by atoms with Crippen molar-refractivity contribution in [2.45, 2.75) is 6.42 Å². The summed E-state index contributed by atoms with van der Waals surface area (Å²) in [4.78, 5) is 13.8. The van der Waals surface area contributed by atoms with Gasteiger partial charge in [-0.25, -0.2) is 0 Å². The first-order chi connectivity index (χ1) is 8.04. The van der Waals surface area contributed by atoms with Crippen molar-refractivity contribution in [1.29, 1.82) is 0 Å². The molecule has 0 spiro atoms. The average molecular weight is 320 g/mol. The molecule has 1 aromatic rings. The van der Waals surface area contributed by atoms with Crippen LogP contribution in [0.1, 0.15) is 16.8 Å². The van der Waals surface area contributed by atoms with Gasteiger partial charge in [-0.15, -0.1) is 0 Å². The van der Waals surface area contributed by atoms with Crippen LogP contribution in [0.2, 0.25) is 5.02 Å². The Labute approximate surface area is 115 Å². The lowest BCUT2D eigenvalue weighted by Crippen LogP contribution is -2.29. The van der Waals surface area contributed by atoms with Crippen LogP contribution in [-0.2, 0) is 0 Å². The van der Waals surface area contributed by atoms with Crippen LogP contribution in [0.15, 0.2) is 22.7 Å². The molecule has 0 radical (unpaired) electrons. The van der Waals surface area contributed by atoms with Crippen molar-refractivity contribution in [1.82, 2.24) is 10.2 Å². The first kappa shape index (κ1) is 14.5. The zero-order valence-corrected chi connectivity index (χ0v) is 12.3. The van der Waals surface area contributed by atoms with Crippen LogP contribution in [0.4, 0.5) is 0 Å². The summed E-state index contributed by atoms with van der Waals surface area (Å²) in [5, 5.41) is 3.61. The molecule has 0 aromatic heterocycles. The Kier molecular flexibility index (Phi) is 5.95. The van der Waals surface area contributed by atoms with Crippen molar-refractivity contribution in [2.24, 2.45) is 0 Å². The maximum absolute atomic E-state index is 12.1. The first-order valence-electron chi connectivity index (χ1n) is 5.40. The van der Waals surface area contributed by atoms with Crippen LogP contribution in [0.25, 0.3) is 0 Å². The summed E-state index contributed by atoms with van der Waals surface area (Å²) in [5.74, 6) is -0.00990. The van der Waals surface area contributed by atoms with Gasteiger partial charge in [-0.3, -0.25) is 4.79 Å². The summed E-state index contributed by atoms with van der Waals surface area (Å²) in [6, 6.07) is 5.23. The summed E-state index contributed by atoms with van der Waals surface area (Å²) in [7, 11) is 3.70. The fourth-order valence-corrected chi connectivity index (χ4v) is 2.35. The number of rotatable bonds is 5. The maximum atomic E-state index is 12.1. The Morgan fingerprint density at radius 3 is 2.76 bits per heavy atom. The molecule has 94 valence electrons. The van der Waals surface area contributed by atoms with Crippen molar-refractivity contribution in [2.75, 3.05) is 27.2 Å². The lowest BCUT2D eigenvalue weighted by Gasteiger charge is -2.17. The second kappa shape index (κ2) is 6.99. The van der Waals surface area contributed by atoms with Gasteiger partial charge in [0.2, 0.25) is 0 Å². The van der Waals surface area contributed by atoms with E-state index in [9.17, 15) is 4.79 Å². The van der Waals surface area contributed by atoms with Gasteiger partial charge in [0.1, 0.15) is 0 Å². The molecule has 5 heteroatoms. The van der Waals surface area contributed by atoms with Crippen molar-refractivity contribution in [3.63, 3.8) is 0 Å². The molecule has 1 aromatic carbocycles. The van der Waals surface area contributed by atoms with E-state index in [1.165, 1.54) is 0 Å². The van der Waals surface area contributed by atoms with Gasteiger partial charge in [0.15, 0.2) is 0 Å². The molecule has 17 heavy (non-hydrogen) atoms. The SMILES string of the molecule is CNCCCN(C)C(=O)c1cc(Cl)cc(Br)c1. The minimum absolute atomic E-state index is 0.00990. The van der Waals surface area contributed by atoms with Gasteiger partial charge in [-0.1, -0.05) is 27.5 Å². The minimum atomic E-state index is -0.00990. The van der Waals surface area contributed by atoms with Crippen LogP contribution in [0, 0.1) is 0 Å². The molecule has 0 heterocycles. The number of benzene rings is 1.